The van der Waals surface area contributed by atoms with Crippen molar-refractivity contribution in [3.63, 3.8) is 0 Å². The first-order valence-corrected chi connectivity index (χ1v) is 9.14. The van der Waals surface area contributed by atoms with Crippen LogP contribution in [0.1, 0.15) is 18.5 Å². The zero-order valence-electron chi connectivity index (χ0n) is 14.4. The first-order valence-electron chi connectivity index (χ1n) is 8.39. The summed E-state index contributed by atoms with van der Waals surface area (Å²) in [6.07, 6.45) is 2.12. The summed E-state index contributed by atoms with van der Waals surface area (Å²) in [6.45, 7) is 3.91. The largest absolute Gasteiger partial charge is 0.369 e. The van der Waals surface area contributed by atoms with Gasteiger partial charge < -0.3 is 21.7 Å². The number of aliphatic imine (C=N–C) groups is 1. The molecule has 5 N–H and O–H groups in total. The summed E-state index contributed by atoms with van der Waals surface area (Å²) in [5.41, 5.74) is 7.46. The van der Waals surface area contributed by atoms with Crippen molar-refractivity contribution in [1.82, 2.24) is 15.3 Å². The van der Waals surface area contributed by atoms with E-state index in [1.54, 1.807) is 18.2 Å². The van der Waals surface area contributed by atoms with Crippen LogP contribution in [0.15, 0.2) is 29.3 Å². The Hall–Kier alpha value is -2.09. The third kappa shape index (κ3) is 5.20. The lowest BCUT2D eigenvalue weighted by Crippen LogP contribution is -2.35. The van der Waals surface area contributed by atoms with E-state index in [1.807, 2.05) is 13.0 Å². The molecule has 7 nitrogen and oxygen atoms in total. The molecule has 0 atom stereocenters. The smallest absolute Gasteiger partial charge is 0.254 e. The van der Waals surface area contributed by atoms with Crippen LogP contribution in [0.2, 0.25) is 10.0 Å². The molecule has 0 spiro atoms. The van der Waals surface area contributed by atoms with Crippen LogP contribution < -0.4 is 21.7 Å². The molecule has 1 aliphatic heterocycles. The molecule has 9 heteroatoms. The topological polar surface area (TPSA) is 100 Å². The highest BCUT2D eigenvalue weighted by molar-refractivity contribution is 6.42. The minimum Gasteiger partial charge on any atom is -0.369 e. The molecular formula is C17H21Cl2N7. The summed E-state index contributed by atoms with van der Waals surface area (Å²) in [7, 11) is 0. The van der Waals surface area contributed by atoms with E-state index in [4.69, 9.17) is 28.9 Å². The molecule has 0 bridgehead atoms. The van der Waals surface area contributed by atoms with Gasteiger partial charge in [0.1, 0.15) is 5.82 Å². The van der Waals surface area contributed by atoms with E-state index >= 15 is 0 Å². The van der Waals surface area contributed by atoms with Crippen molar-refractivity contribution in [2.24, 2.45) is 10.7 Å². The Bertz CT molecular complexity index is 804. The summed E-state index contributed by atoms with van der Waals surface area (Å²) in [4.78, 5) is 13.0. The maximum atomic E-state index is 6.00. The van der Waals surface area contributed by atoms with Gasteiger partial charge in [-0.3, -0.25) is 0 Å². The average molecular weight is 394 g/mol. The Morgan fingerprint density at radius 1 is 1.19 bits per heavy atom. The Morgan fingerprint density at radius 3 is 2.69 bits per heavy atom. The Morgan fingerprint density at radius 2 is 1.96 bits per heavy atom. The van der Waals surface area contributed by atoms with Gasteiger partial charge in [0.25, 0.3) is 5.95 Å². The van der Waals surface area contributed by atoms with Gasteiger partial charge in [-0.15, -0.1) is 0 Å². The Labute approximate surface area is 162 Å². The standard InChI is InChI=1S/C17H21Cl2N7/c1-10-8-15(23-11-4-6-21-7-5-11)25-17(22-10)26-16(20)24-12-2-3-13(18)14(19)9-12/h2-3,8-9,11,21H,4-7H2,1H3,(H4,20,22,23,24,25,26). The second-order valence-corrected chi connectivity index (χ2v) is 6.93. The second kappa shape index (κ2) is 8.53. The molecule has 1 saturated heterocycles. The number of nitrogens with zero attached hydrogens (tertiary/aromatic N) is 3. The van der Waals surface area contributed by atoms with Crippen LogP contribution in [0.5, 0.6) is 0 Å². The number of nitrogens with one attached hydrogen (secondary N) is 3. The van der Waals surface area contributed by atoms with Gasteiger partial charge in [0.05, 0.1) is 10.0 Å². The van der Waals surface area contributed by atoms with Gasteiger partial charge in [-0.05, 0) is 51.1 Å². The van der Waals surface area contributed by atoms with Crippen LogP contribution in [0.4, 0.5) is 17.5 Å². The normalized spacial score (nSPS) is 15.7. The molecule has 0 saturated carbocycles. The van der Waals surface area contributed by atoms with Crippen molar-refractivity contribution < 1.29 is 0 Å². The molecule has 3 rings (SSSR count). The fourth-order valence-corrected chi connectivity index (χ4v) is 3.01. The molecule has 0 unspecified atom stereocenters. The maximum Gasteiger partial charge on any atom is 0.254 e. The number of hydrogen-bond donors (Lipinski definition) is 4. The van der Waals surface area contributed by atoms with Crippen LogP contribution >= 0.6 is 23.2 Å². The molecule has 2 aromatic rings. The lowest BCUT2D eigenvalue weighted by atomic mass is 10.1. The number of aryl methyl sites for hydroxylation is 1. The van der Waals surface area contributed by atoms with E-state index in [0.29, 0.717) is 27.7 Å². The number of nitrogens with two attached hydrogens (primary N) is 1. The van der Waals surface area contributed by atoms with Crippen molar-refractivity contribution in [3.8, 4) is 0 Å². The van der Waals surface area contributed by atoms with Gasteiger partial charge in [0.2, 0.25) is 5.96 Å². The highest BCUT2D eigenvalue weighted by Crippen LogP contribution is 2.25. The van der Waals surface area contributed by atoms with Gasteiger partial charge in [0, 0.05) is 23.5 Å². The zero-order valence-corrected chi connectivity index (χ0v) is 15.9. The van der Waals surface area contributed by atoms with Crippen molar-refractivity contribution in [1.29, 1.82) is 0 Å². The van der Waals surface area contributed by atoms with E-state index < -0.39 is 0 Å². The van der Waals surface area contributed by atoms with Crippen LogP contribution in [-0.4, -0.2) is 35.1 Å². The third-order valence-corrected chi connectivity index (χ3v) is 4.69. The number of anilines is 2. The molecule has 0 amide bonds. The number of aromatic nitrogens is 2. The molecule has 0 aliphatic carbocycles. The minimum absolute atomic E-state index is 0.168. The quantitative estimate of drug-likeness (QED) is 0.469. The highest BCUT2D eigenvalue weighted by Gasteiger charge is 2.14. The molecule has 2 heterocycles. The molecule has 1 fully saturated rings. The van der Waals surface area contributed by atoms with Crippen LogP contribution in [-0.2, 0) is 0 Å². The predicted octanol–water partition coefficient (Wildman–Crippen LogP) is 3.31. The minimum atomic E-state index is 0.168. The lowest BCUT2D eigenvalue weighted by Gasteiger charge is -2.24. The average Bonchev–Trinajstić information content (AvgIpc) is 2.58. The molecule has 1 aromatic heterocycles. The van der Waals surface area contributed by atoms with E-state index in [2.05, 4.69) is 30.9 Å². The molecule has 26 heavy (non-hydrogen) atoms. The molecule has 1 aliphatic rings. The number of piperidine rings is 1. The van der Waals surface area contributed by atoms with Crippen LogP contribution in [0, 0.1) is 6.92 Å². The van der Waals surface area contributed by atoms with E-state index in [9.17, 15) is 0 Å². The van der Waals surface area contributed by atoms with Crippen LogP contribution in [0.3, 0.4) is 0 Å². The van der Waals surface area contributed by atoms with E-state index in [-0.39, 0.29) is 5.96 Å². The number of benzene rings is 1. The number of hydrogen-bond acceptors (Lipinski definition) is 5. The van der Waals surface area contributed by atoms with Crippen molar-refractivity contribution in [3.05, 3.63) is 40.0 Å². The number of rotatable bonds is 4. The Balaban J connectivity index is 1.72. The first-order chi connectivity index (χ1) is 12.5. The summed E-state index contributed by atoms with van der Waals surface area (Å²) >= 11 is 11.9. The summed E-state index contributed by atoms with van der Waals surface area (Å²) in [5, 5.41) is 10.7. The Kier molecular flexibility index (Phi) is 6.13. The second-order valence-electron chi connectivity index (χ2n) is 6.11. The van der Waals surface area contributed by atoms with Gasteiger partial charge >= 0.3 is 0 Å². The molecular weight excluding hydrogens is 373 g/mol. The van der Waals surface area contributed by atoms with Gasteiger partial charge in [-0.1, -0.05) is 23.2 Å². The lowest BCUT2D eigenvalue weighted by molar-refractivity contribution is 0.478. The van der Waals surface area contributed by atoms with Crippen molar-refractivity contribution in [2.75, 3.05) is 23.7 Å². The highest BCUT2D eigenvalue weighted by atomic mass is 35.5. The van der Waals surface area contributed by atoms with Gasteiger partial charge in [-0.25, -0.2) is 4.98 Å². The molecule has 138 valence electrons. The van der Waals surface area contributed by atoms with E-state index in [1.165, 1.54) is 0 Å². The van der Waals surface area contributed by atoms with Gasteiger partial charge in [0.15, 0.2) is 0 Å². The predicted molar refractivity (Wildman–Crippen MR) is 108 cm³/mol. The van der Waals surface area contributed by atoms with Crippen molar-refractivity contribution >= 4 is 46.6 Å². The maximum absolute atomic E-state index is 6.00. The van der Waals surface area contributed by atoms with Crippen LogP contribution in [0.25, 0.3) is 0 Å². The van der Waals surface area contributed by atoms with Gasteiger partial charge in [-0.2, -0.15) is 9.98 Å². The van der Waals surface area contributed by atoms with E-state index in [0.717, 1.165) is 37.4 Å². The fraction of sp³-hybridized carbons (Fsp3) is 0.353. The number of guanidine groups is 1. The monoisotopic (exact) mass is 393 g/mol. The molecule has 1 aromatic carbocycles. The fourth-order valence-electron chi connectivity index (χ4n) is 2.71. The zero-order chi connectivity index (χ0) is 18.5. The summed E-state index contributed by atoms with van der Waals surface area (Å²) in [6, 6.07) is 7.42. The molecule has 0 radical (unpaired) electrons. The number of halogens is 2. The summed E-state index contributed by atoms with van der Waals surface area (Å²) < 4.78 is 0. The third-order valence-electron chi connectivity index (χ3n) is 3.95. The first kappa shape index (κ1) is 18.7. The SMILES string of the molecule is Cc1cc(NC2CCNCC2)nc(N=C(N)Nc2ccc(Cl)c(Cl)c2)n1. The van der Waals surface area contributed by atoms with Crippen molar-refractivity contribution in [2.45, 2.75) is 25.8 Å². The summed E-state index contributed by atoms with van der Waals surface area (Å²) in [5.74, 6) is 1.22.